The van der Waals surface area contributed by atoms with Gasteiger partial charge in [0, 0.05) is 53.7 Å². The fourth-order valence-electron chi connectivity index (χ4n) is 3.92. The third-order valence-corrected chi connectivity index (χ3v) is 6.21. The lowest BCUT2D eigenvalue weighted by Gasteiger charge is -2.36. The van der Waals surface area contributed by atoms with Crippen LogP contribution in [-0.4, -0.2) is 47.1 Å². The Balaban J connectivity index is 1.46. The molecule has 32 heavy (non-hydrogen) atoms. The maximum Gasteiger partial charge on any atom is 0.321 e. The van der Waals surface area contributed by atoms with Gasteiger partial charge in [-0.25, -0.2) is 14.8 Å². The van der Waals surface area contributed by atoms with Crippen LogP contribution in [0.25, 0.3) is 11.4 Å². The molecule has 1 N–H and O–H groups in total. The molecule has 0 atom stereocenters. The summed E-state index contributed by atoms with van der Waals surface area (Å²) in [5.74, 6) is 1.62. The van der Waals surface area contributed by atoms with Gasteiger partial charge in [0.2, 0.25) is 0 Å². The summed E-state index contributed by atoms with van der Waals surface area (Å²) in [4.78, 5) is 26.4. The normalized spacial score (nSPS) is 13.9. The molecule has 1 aliphatic rings. The second-order valence-electron chi connectivity index (χ2n) is 8.31. The van der Waals surface area contributed by atoms with Crippen molar-refractivity contribution in [1.29, 1.82) is 0 Å². The first-order chi connectivity index (χ1) is 15.3. The van der Waals surface area contributed by atoms with Crippen molar-refractivity contribution in [3.05, 3.63) is 69.9 Å². The number of carbonyl (C=O) groups is 1. The van der Waals surface area contributed by atoms with Crippen molar-refractivity contribution in [2.75, 3.05) is 36.4 Å². The number of aryl methyl sites for hydroxylation is 3. The molecule has 0 unspecified atom stereocenters. The Bertz CT molecular complexity index is 1140. The van der Waals surface area contributed by atoms with Gasteiger partial charge in [-0.15, -0.1) is 0 Å². The van der Waals surface area contributed by atoms with E-state index in [1.165, 1.54) is 5.56 Å². The third kappa shape index (κ3) is 4.70. The van der Waals surface area contributed by atoms with Crippen LogP contribution in [0.3, 0.4) is 0 Å². The molecule has 0 aliphatic carbocycles. The summed E-state index contributed by atoms with van der Waals surface area (Å²) in [5.41, 5.74) is 6.07. The molecule has 166 valence electrons. The molecule has 1 aromatic heterocycles. The summed E-state index contributed by atoms with van der Waals surface area (Å²) in [5, 5.41) is 3.74. The van der Waals surface area contributed by atoms with E-state index in [2.05, 4.69) is 28.2 Å². The zero-order valence-electron chi connectivity index (χ0n) is 18.9. The summed E-state index contributed by atoms with van der Waals surface area (Å²) >= 11 is 6.03. The number of hydrogen-bond donors (Lipinski definition) is 1. The van der Waals surface area contributed by atoms with E-state index >= 15 is 0 Å². The first-order valence-corrected chi connectivity index (χ1v) is 11.2. The number of benzene rings is 2. The van der Waals surface area contributed by atoms with Gasteiger partial charge >= 0.3 is 6.03 Å². The monoisotopic (exact) mass is 449 g/mol. The number of aromatic nitrogens is 2. The first-order valence-electron chi connectivity index (χ1n) is 10.8. The number of halogens is 1. The summed E-state index contributed by atoms with van der Waals surface area (Å²) in [7, 11) is 0. The molecule has 1 aliphatic heterocycles. The van der Waals surface area contributed by atoms with Gasteiger partial charge in [0.1, 0.15) is 5.82 Å². The Morgan fingerprint density at radius 1 is 0.938 bits per heavy atom. The fraction of sp³-hybridized carbons (Fsp3) is 0.320. The average Bonchev–Trinajstić information content (AvgIpc) is 2.78. The van der Waals surface area contributed by atoms with E-state index in [0.29, 0.717) is 23.9 Å². The molecule has 2 heterocycles. The Labute approximate surface area is 194 Å². The molecule has 6 nitrogen and oxygen atoms in total. The minimum Gasteiger partial charge on any atom is -0.353 e. The predicted molar refractivity (Wildman–Crippen MR) is 131 cm³/mol. The van der Waals surface area contributed by atoms with Crippen LogP contribution < -0.4 is 10.2 Å². The number of amides is 2. The lowest BCUT2D eigenvalue weighted by Crippen LogP contribution is -2.50. The molecule has 1 saturated heterocycles. The van der Waals surface area contributed by atoms with E-state index < -0.39 is 0 Å². The maximum absolute atomic E-state index is 12.8. The lowest BCUT2D eigenvalue weighted by molar-refractivity contribution is 0.208. The molecule has 4 rings (SSSR count). The van der Waals surface area contributed by atoms with Crippen LogP contribution in [0.2, 0.25) is 5.02 Å². The van der Waals surface area contributed by atoms with Gasteiger partial charge in [-0.1, -0.05) is 29.3 Å². The Morgan fingerprint density at radius 3 is 2.28 bits per heavy atom. The number of urea groups is 1. The molecular formula is C25H28ClN5O. The van der Waals surface area contributed by atoms with Gasteiger partial charge in [-0.3, -0.25) is 0 Å². The number of nitrogens with zero attached hydrogens (tertiary/aromatic N) is 4. The Hall–Kier alpha value is -3.12. The molecule has 0 saturated carbocycles. The van der Waals surface area contributed by atoms with Gasteiger partial charge in [0.15, 0.2) is 5.82 Å². The van der Waals surface area contributed by atoms with E-state index in [0.717, 1.165) is 47.0 Å². The van der Waals surface area contributed by atoms with Gasteiger partial charge in [-0.05, 0) is 63.6 Å². The van der Waals surface area contributed by atoms with E-state index in [-0.39, 0.29) is 6.03 Å². The number of rotatable bonds is 3. The van der Waals surface area contributed by atoms with Crippen molar-refractivity contribution in [2.45, 2.75) is 27.7 Å². The topological polar surface area (TPSA) is 61.4 Å². The lowest BCUT2D eigenvalue weighted by atomic mass is 10.1. The van der Waals surface area contributed by atoms with E-state index in [1.807, 2.05) is 62.1 Å². The number of hydrogen-bond acceptors (Lipinski definition) is 4. The van der Waals surface area contributed by atoms with Crippen LogP contribution in [0.1, 0.15) is 22.4 Å². The number of carbonyl (C=O) groups excluding carboxylic acids is 1. The smallest absolute Gasteiger partial charge is 0.321 e. The first kappa shape index (κ1) is 22.1. The molecule has 2 aromatic carbocycles. The second kappa shape index (κ2) is 9.17. The SMILES string of the molecule is Cc1ccc(NC(=O)N2CCN(c3nc(-c4ccc(Cl)cc4)nc(C)c3C)CC2)c(C)c1. The molecule has 2 amide bonds. The highest BCUT2D eigenvalue weighted by Gasteiger charge is 2.24. The van der Waals surface area contributed by atoms with Crippen molar-refractivity contribution < 1.29 is 4.79 Å². The van der Waals surface area contributed by atoms with Crippen LogP contribution in [0.15, 0.2) is 42.5 Å². The van der Waals surface area contributed by atoms with Crippen molar-refractivity contribution >= 4 is 29.1 Å². The highest BCUT2D eigenvalue weighted by Crippen LogP contribution is 2.26. The molecule has 0 spiro atoms. The summed E-state index contributed by atoms with van der Waals surface area (Å²) < 4.78 is 0. The summed E-state index contributed by atoms with van der Waals surface area (Å²) in [6, 6.07) is 13.6. The quantitative estimate of drug-likeness (QED) is 0.582. The fourth-order valence-corrected chi connectivity index (χ4v) is 4.05. The second-order valence-corrected chi connectivity index (χ2v) is 8.75. The Kier molecular flexibility index (Phi) is 6.33. The predicted octanol–water partition coefficient (Wildman–Crippen LogP) is 5.38. The van der Waals surface area contributed by atoms with Crippen LogP contribution in [-0.2, 0) is 0 Å². The van der Waals surface area contributed by atoms with Crippen molar-refractivity contribution in [3.8, 4) is 11.4 Å². The highest BCUT2D eigenvalue weighted by molar-refractivity contribution is 6.30. The summed E-state index contributed by atoms with van der Waals surface area (Å²) in [6.07, 6.45) is 0. The van der Waals surface area contributed by atoms with Crippen LogP contribution in [0.5, 0.6) is 0 Å². The minimum atomic E-state index is -0.0611. The van der Waals surface area contributed by atoms with Gasteiger partial charge < -0.3 is 15.1 Å². The van der Waals surface area contributed by atoms with E-state index in [1.54, 1.807) is 0 Å². The van der Waals surface area contributed by atoms with Gasteiger partial charge in [0.25, 0.3) is 0 Å². The third-order valence-electron chi connectivity index (χ3n) is 5.96. The van der Waals surface area contributed by atoms with Crippen LogP contribution >= 0.6 is 11.6 Å². The minimum absolute atomic E-state index is 0.0611. The average molecular weight is 450 g/mol. The van der Waals surface area contributed by atoms with Crippen molar-refractivity contribution in [2.24, 2.45) is 0 Å². The number of nitrogens with one attached hydrogen (secondary N) is 1. The number of piperazine rings is 1. The molecule has 7 heteroatoms. The molecule has 3 aromatic rings. The molecule has 0 bridgehead atoms. The largest absolute Gasteiger partial charge is 0.353 e. The van der Waals surface area contributed by atoms with Crippen LogP contribution in [0.4, 0.5) is 16.3 Å². The van der Waals surface area contributed by atoms with Crippen LogP contribution in [0, 0.1) is 27.7 Å². The maximum atomic E-state index is 12.8. The van der Waals surface area contributed by atoms with Gasteiger partial charge in [-0.2, -0.15) is 0 Å². The summed E-state index contributed by atoms with van der Waals surface area (Å²) in [6.45, 7) is 10.8. The molecule has 0 radical (unpaired) electrons. The standard InChI is InChI=1S/C25H28ClN5O/c1-16-5-10-22(17(2)15-16)28-25(32)31-13-11-30(12-14-31)24-18(3)19(4)27-23(29-24)20-6-8-21(26)9-7-20/h5-10,15H,11-14H2,1-4H3,(H,28,32). The van der Waals surface area contributed by atoms with Crippen molar-refractivity contribution in [3.63, 3.8) is 0 Å². The number of anilines is 2. The highest BCUT2D eigenvalue weighted by atomic mass is 35.5. The zero-order chi connectivity index (χ0) is 22.8. The van der Waals surface area contributed by atoms with E-state index in [9.17, 15) is 4.79 Å². The Morgan fingerprint density at radius 2 is 1.62 bits per heavy atom. The molecule has 1 fully saturated rings. The van der Waals surface area contributed by atoms with Crippen molar-refractivity contribution in [1.82, 2.24) is 14.9 Å². The molecular weight excluding hydrogens is 422 g/mol. The van der Waals surface area contributed by atoms with Gasteiger partial charge in [0.05, 0.1) is 0 Å². The van der Waals surface area contributed by atoms with E-state index in [4.69, 9.17) is 16.6 Å². The zero-order valence-corrected chi connectivity index (χ0v) is 19.7.